The molecule has 5 rings (SSSR count). The number of alkyl halides is 1. The summed E-state index contributed by atoms with van der Waals surface area (Å²) in [7, 11) is -4.14. The fraction of sp³-hybridized carbons (Fsp3) is 0.276. The summed E-state index contributed by atoms with van der Waals surface area (Å²) < 4.78 is 75.1. The van der Waals surface area contributed by atoms with Gasteiger partial charge in [0.25, 0.3) is 0 Å². The van der Waals surface area contributed by atoms with Crippen molar-refractivity contribution in [2.24, 2.45) is 5.14 Å². The highest BCUT2D eigenvalue weighted by molar-refractivity contribution is 7.89. The van der Waals surface area contributed by atoms with Gasteiger partial charge in [-0.2, -0.15) is 4.39 Å². The highest BCUT2D eigenvalue weighted by atomic mass is 35.5. The van der Waals surface area contributed by atoms with Gasteiger partial charge in [0.1, 0.15) is 11.4 Å². The van der Waals surface area contributed by atoms with E-state index in [-0.39, 0.29) is 47.8 Å². The maximum Gasteiger partial charge on any atom is 0.228 e. The van der Waals surface area contributed by atoms with E-state index in [4.69, 9.17) is 9.88 Å². The predicted octanol–water partition coefficient (Wildman–Crippen LogP) is 5.02. The first-order valence-electron chi connectivity index (χ1n) is 13.2. The average Bonchev–Trinajstić information content (AvgIpc) is 2.96. The molecule has 1 aliphatic heterocycles. The Balaban J connectivity index is 0.00000423. The number of aryl methyl sites for hydroxylation is 1. The average molecular weight is 635 g/mol. The first-order chi connectivity index (χ1) is 20.1. The number of rotatable bonds is 9. The van der Waals surface area contributed by atoms with Gasteiger partial charge in [0.05, 0.1) is 11.3 Å². The van der Waals surface area contributed by atoms with Gasteiger partial charge in [0.2, 0.25) is 27.7 Å². The Morgan fingerprint density at radius 3 is 2.56 bits per heavy atom. The lowest BCUT2D eigenvalue weighted by molar-refractivity contribution is 0.254. The van der Waals surface area contributed by atoms with Crippen molar-refractivity contribution in [3.63, 3.8) is 0 Å². The molecule has 0 radical (unpaired) electrons. The first-order valence-corrected chi connectivity index (χ1v) is 14.8. The van der Waals surface area contributed by atoms with Gasteiger partial charge in [-0.15, -0.1) is 12.4 Å². The largest absolute Gasteiger partial charge is 0.435 e. The number of nitrogens with zero attached hydrogens (tertiary/aromatic N) is 3. The summed E-state index contributed by atoms with van der Waals surface area (Å²) in [6.07, 6.45) is 1.90. The number of ether oxygens (including phenoxy) is 1. The third-order valence-corrected chi connectivity index (χ3v) is 8.16. The molecule has 0 amide bonds. The highest BCUT2D eigenvalue weighted by Gasteiger charge is 2.28. The van der Waals surface area contributed by atoms with Crippen LogP contribution in [0.1, 0.15) is 28.4 Å². The van der Waals surface area contributed by atoms with E-state index in [2.05, 4.69) is 25.6 Å². The zero-order valence-electron chi connectivity index (χ0n) is 23.0. The molecule has 1 saturated heterocycles. The molecule has 2 aromatic heterocycles. The normalized spacial score (nSPS) is 17.5. The van der Waals surface area contributed by atoms with Crippen LogP contribution in [0.25, 0.3) is 11.3 Å². The maximum absolute atomic E-state index is 15.5. The van der Waals surface area contributed by atoms with E-state index in [0.717, 1.165) is 0 Å². The van der Waals surface area contributed by atoms with Gasteiger partial charge < -0.3 is 15.4 Å². The molecule has 0 aliphatic carbocycles. The summed E-state index contributed by atoms with van der Waals surface area (Å²) in [5.41, 5.74) is 1.19. The number of halogens is 4. The van der Waals surface area contributed by atoms with E-state index in [1.54, 1.807) is 48.5 Å². The maximum atomic E-state index is 15.5. The van der Waals surface area contributed by atoms with Crippen LogP contribution < -0.4 is 20.5 Å². The van der Waals surface area contributed by atoms with E-state index in [0.29, 0.717) is 36.3 Å². The SMILES string of the molecule is Cc1cc(CC(c2ccccc2)S(N)(=O)=O)c(F)c(F)c1Oc1ncccc1-c1ccnc(N[C@@H]2CNC[C@@H](F)C2)n1.Cl. The van der Waals surface area contributed by atoms with Crippen molar-refractivity contribution >= 4 is 28.4 Å². The first kappa shape index (κ1) is 32.1. The van der Waals surface area contributed by atoms with Gasteiger partial charge in [-0.1, -0.05) is 30.3 Å². The number of hydrogen-bond donors (Lipinski definition) is 3. The number of nitrogens with one attached hydrogen (secondary N) is 2. The van der Waals surface area contributed by atoms with Gasteiger partial charge >= 0.3 is 0 Å². The number of anilines is 1. The number of pyridine rings is 1. The Morgan fingerprint density at radius 2 is 1.84 bits per heavy atom. The highest BCUT2D eigenvalue weighted by Crippen LogP contribution is 2.37. The quantitative estimate of drug-likeness (QED) is 0.234. The number of benzene rings is 2. The summed E-state index contributed by atoms with van der Waals surface area (Å²) in [6.45, 7) is 2.37. The molecule has 0 spiro atoms. The minimum atomic E-state index is -4.14. The molecule has 0 bridgehead atoms. The van der Waals surface area contributed by atoms with Crippen molar-refractivity contribution in [1.82, 2.24) is 20.3 Å². The monoisotopic (exact) mass is 634 g/mol. The second-order valence-corrected chi connectivity index (χ2v) is 11.8. The summed E-state index contributed by atoms with van der Waals surface area (Å²) in [5.74, 6) is -2.72. The van der Waals surface area contributed by atoms with Crippen LogP contribution in [0.4, 0.5) is 19.1 Å². The summed E-state index contributed by atoms with van der Waals surface area (Å²) >= 11 is 0. The molecule has 1 unspecified atom stereocenters. The minimum Gasteiger partial charge on any atom is -0.435 e. The van der Waals surface area contributed by atoms with Crippen molar-refractivity contribution in [1.29, 1.82) is 0 Å². The van der Waals surface area contributed by atoms with E-state index >= 15 is 8.78 Å². The lowest BCUT2D eigenvalue weighted by atomic mass is 10.0. The number of primary sulfonamides is 1. The lowest BCUT2D eigenvalue weighted by Gasteiger charge is -2.26. The predicted molar refractivity (Wildman–Crippen MR) is 159 cm³/mol. The third kappa shape index (κ3) is 7.60. The zero-order chi connectivity index (χ0) is 29.9. The Kier molecular flexibility index (Phi) is 10.2. The van der Waals surface area contributed by atoms with Crippen molar-refractivity contribution in [3.8, 4) is 22.9 Å². The molecule has 9 nitrogen and oxygen atoms in total. The standard InChI is InChI=1S/C29H29F3N6O3S.ClH/c1-17-12-19(13-24(42(33,39)40)18-6-3-2-4-7-18)25(31)26(32)27(17)41-28-22(8-5-10-35-28)23-9-11-36-29(38-23)37-21-14-20(30)15-34-16-21;/h2-12,20-21,24,34H,13-16H2,1H3,(H2,33,39,40)(H,36,37,38);1H/t20-,21-,24?;/m0./s1. The van der Waals surface area contributed by atoms with Crippen LogP contribution >= 0.6 is 12.4 Å². The second kappa shape index (κ2) is 13.7. The third-order valence-electron chi connectivity index (χ3n) is 6.93. The number of hydrogen-bond acceptors (Lipinski definition) is 8. The van der Waals surface area contributed by atoms with Crippen LogP contribution in [0, 0.1) is 18.6 Å². The Bertz CT molecular complexity index is 1680. The number of nitrogens with two attached hydrogens (primary N) is 1. The van der Waals surface area contributed by atoms with Crippen LogP contribution in [0.15, 0.2) is 67.0 Å². The lowest BCUT2D eigenvalue weighted by Crippen LogP contribution is -2.44. The number of piperidine rings is 1. The van der Waals surface area contributed by atoms with E-state index in [1.807, 2.05) is 0 Å². The van der Waals surface area contributed by atoms with Crippen molar-refractivity contribution < 1.29 is 26.3 Å². The number of aromatic nitrogens is 3. The molecule has 0 saturated carbocycles. The van der Waals surface area contributed by atoms with Crippen LogP contribution in [0.2, 0.25) is 0 Å². The molecule has 4 N–H and O–H groups in total. The molecule has 228 valence electrons. The Hall–Kier alpha value is -3.78. The van der Waals surface area contributed by atoms with Crippen LogP contribution in [0.3, 0.4) is 0 Å². The van der Waals surface area contributed by atoms with Crippen LogP contribution in [-0.4, -0.2) is 48.7 Å². The van der Waals surface area contributed by atoms with Crippen molar-refractivity contribution in [3.05, 3.63) is 95.3 Å². The molecule has 1 fully saturated rings. The Morgan fingerprint density at radius 1 is 1.07 bits per heavy atom. The van der Waals surface area contributed by atoms with Crippen LogP contribution in [-0.2, 0) is 16.4 Å². The topological polar surface area (TPSA) is 132 Å². The molecule has 14 heteroatoms. The summed E-state index contributed by atoms with van der Waals surface area (Å²) in [6, 6.07) is 14.1. The molecule has 4 aromatic rings. The second-order valence-electron chi connectivity index (χ2n) is 10.1. The summed E-state index contributed by atoms with van der Waals surface area (Å²) in [5, 5.41) is 10.3. The smallest absolute Gasteiger partial charge is 0.228 e. The molecular weight excluding hydrogens is 605 g/mol. The van der Waals surface area contributed by atoms with Crippen molar-refractivity contribution in [2.75, 3.05) is 18.4 Å². The van der Waals surface area contributed by atoms with Gasteiger partial charge in [-0.3, -0.25) is 0 Å². The zero-order valence-corrected chi connectivity index (χ0v) is 24.6. The molecular formula is C29H30ClF3N6O3S. The molecule has 2 aromatic carbocycles. The van der Waals surface area contributed by atoms with Gasteiger partial charge in [0.15, 0.2) is 11.6 Å². The molecule has 3 heterocycles. The molecule has 3 atom stereocenters. The van der Waals surface area contributed by atoms with Gasteiger partial charge in [-0.25, -0.2) is 37.3 Å². The minimum absolute atomic E-state index is 0. The molecule has 1 aliphatic rings. The van der Waals surface area contributed by atoms with Crippen LogP contribution in [0.5, 0.6) is 11.6 Å². The van der Waals surface area contributed by atoms with E-state index < -0.39 is 38.8 Å². The molecule has 43 heavy (non-hydrogen) atoms. The van der Waals surface area contributed by atoms with Crippen molar-refractivity contribution in [2.45, 2.75) is 37.2 Å². The summed E-state index contributed by atoms with van der Waals surface area (Å²) in [4.78, 5) is 12.9. The fourth-order valence-electron chi connectivity index (χ4n) is 4.89. The van der Waals surface area contributed by atoms with E-state index in [1.165, 1.54) is 25.4 Å². The number of sulfonamides is 1. The van der Waals surface area contributed by atoms with E-state index in [9.17, 15) is 12.8 Å². The van der Waals surface area contributed by atoms with Gasteiger partial charge in [0, 0.05) is 37.9 Å². The van der Waals surface area contributed by atoms with Gasteiger partial charge in [-0.05, 0) is 54.3 Å². The fourth-order valence-corrected chi connectivity index (χ4v) is 5.84. The Labute approximate surface area is 253 Å².